The van der Waals surface area contributed by atoms with E-state index < -0.39 is 35.7 Å². The number of hydrogen-bond acceptors (Lipinski definition) is 6. The number of amides is 1. The lowest BCUT2D eigenvalue weighted by molar-refractivity contribution is -0.147. The number of hydrogen-bond donors (Lipinski definition) is 1. The molecule has 0 unspecified atom stereocenters. The molecule has 0 aliphatic heterocycles. The molecule has 1 aromatic heterocycles. The second kappa shape index (κ2) is 9.38. The monoisotopic (exact) mass is 431 g/mol. The summed E-state index contributed by atoms with van der Waals surface area (Å²) in [6, 6.07) is 7.62. The number of benzene rings is 2. The maximum absolute atomic E-state index is 13.1. The van der Waals surface area contributed by atoms with E-state index in [1.165, 1.54) is 7.11 Å². The van der Waals surface area contributed by atoms with Crippen LogP contribution in [-0.4, -0.2) is 25.6 Å². The normalized spacial score (nSPS) is 10.7. The van der Waals surface area contributed by atoms with Crippen LogP contribution in [0.1, 0.15) is 17.5 Å². The molecule has 0 aliphatic rings. The molecule has 9 heteroatoms. The summed E-state index contributed by atoms with van der Waals surface area (Å²) in [6.07, 6.45) is -0.0964. The van der Waals surface area contributed by atoms with Crippen molar-refractivity contribution in [3.63, 3.8) is 0 Å². The molecule has 0 saturated carbocycles. The van der Waals surface area contributed by atoms with Crippen LogP contribution in [0.25, 0.3) is 11.0 Å². The zero-order valence-electron chi connectivity index (χ0n) is 16.8. The Morgan fingerprint density at radius 3 is 2.48 bits per heavy atom. The van der Waals surface area contributed by atoms with Crippen molar-refractivity contribution < 1.29 is 32.3 Å². The summed E-state index contributed by atoms with van der Waals surface area (Å²) in [7, 11) is 1.50. The van der Waals surface area contributed by atoms with Crippen LogP contribution in [0.4, 0.5) is 14.5 Å². The number of nitrogens with one attached hydrogen (secondary N) is 1. The van der Waals surface area contributed by atoms with Crippen molar-refractivity contribution >= 4 is 28.5 Å². The van der Waals surface area contributed by atoms with E-state index in [4.69, 9.17) is 13.9 Å². The molecular formula is C22H19F2NO6. The first-order valence-electron chi connectivity index (χ1n) is 9.28. The Bertz CT molecular complexity index is 1180. The van der Waals surface area contributed by atoms with Gasteiger partial charge in [-0.25, -0.2) is 13.6 Å². The Balaban J connectivity index is 1.58. The van der Waals surface area contributed by atoms with Gasteiger partial charge in [-0.15, -0.1) is 0 Å². The second-order valence-electron chi connectivity index (χ2n) is 6.72. The third-order valence-electron chi connectivity index (χ3n) is 4.58. The van der Waals surface area contributed by atoms with Gasteiger partial charge >= 0.3 is 11.6 Å². The van der Waals surface area contributed by atoms with E-state index in [0.717, 1.165) is 12.1 Å². The fraction of sp³-hybridized carbons (Fsp3) is 0.227. The second-order valence-corrected chi connectivity index (χ2v) is 6.72. The number of anilines is 1. The van der Waals surface area contributed by atoms with Crippen LogP contribution < -0.4 is 15.7 Å². The third-order valence-corrected chi connectivity index (χ3v) is 4.58. The average molecular weight is 431 g/mol. The molecule has 0 radical (unpaired) electrons. The van der Waals surface area contributed by atoms with Crippen molar-refractivity contribution in [3.8, 4) is 5.75 Å². The largest absolute Gasteiger partial charge is 0.497 e. The number of aryl methyl sites for hydroxylation is 1. The standard InChI is InChI=1S/C22H19F2NO6/c1-12-17-4-3-16(29-2)10-19(17)31-22(28)18(12)5-6-21(27)30-11-20(26)25-15-8-13(23)7-14(24)9-15/h3-4,7-10H,5-6,11H2,1-2H3,(H,25,26). The fourth-order valence-corrected chi connectivity index (χ4v) is 3.06. The van der Waals surface area contributed by atoms with Crippen LogP contribution in [0, 0.1) is 18.6 Å². The molecule has 0 aliphatic carbocycles. The van der Waals surface area contributed by atoms with E-state index in [2.05, 4.69) is 5.32 Å². The number of carbonyl (C=O) groups is 2. The van der Waals surface area contributed by atoms with Crippen LogP contribution >= 0.6 is 0 Å². The summed E-state index contributed by atoms with van der Waals surface area (Å²) in [4.78, 5) is 36.1. The number of carbonyl (C=O) groups excluding carboxylic acids is 2. The molecule has 1 heterocycles. The van der Waals surface area contributed by atoms with Gasteiger partial charge in [0, 0.05) is 35.2 Å². The first-order chi connectivity index (χ1) is 14.8. The van der Waals surface area contributed by atoms with Gasteiger partial charge in [0.1, 0.15) is 23.0 Å². The quantitative estimate of drug-likeness (QED) is 0.455. The summed E-state index contributed by atoms with van der Waals surface area (Å²) in [5.41, 5.74) is 0.706. The first kappa shape index (κ1) is 21.9. The predicted octanol–water partition coefficient (Wildman–Crippen LogP) is 3.50. The highest BCUT2D eigenvalue weighted by atomic mass is 19.1. The van der Waals surface area contributed by atoms with Crippen molar-refractivity contribution in [1.82, 2.24) is 0 Å². The molecule has 2 aromatic carbocycles. The molecule has 31 heavy (non-hydrogen) atoms. The number of rotatable bonds is 7. The Labute approximate surface area is 175 Å². The average Bonchev–Trinajstić information content (AvgIpc) is 2.70. The van der Waals surface area contributed by atoms with Gasteiger partial charge in [0.25, 0.3) is 5.91 Å². The van der Waals surface area contributed by atoms with Gasteiger partial charge in [0.2, 0.25) is 0 Å². The number of esters is 1. The number of halogens is 2. The van der Waals surface area contributed by atoms with E-state index >= 15 is 0 Å². The summed E-state index contributed by atoms with van der Waals surface area (Å²) in [5, 5.41) is 2.94. The van der Waals surface area contributed by atoms with E-state index in [1.807, 2.05) is 0 Å². The Morgan fingerprint density at radius 2 is 1.81 bits per heavy atom. The topological polar surface area (TPSA) is 94.8 Å². The van der Waals surface area contributed by atoms with Gasteiger partial charge in [-0.3, -0.25) is 9.59 Å². The van der Waals surface area contributed by atoms with Crippen LogP contribution in [0.5, 0.6) is 5.75 Å². The molecule has 0 atom stereocenters. The zero-order valence-corrected chi connectivity index (χ0v) is 16.8. The Morgan fingerprint density at radius 1 is 1.10 bits per heavy atom. The molecule has 0 bridgehead atoms. The Hall–Kier alpha value is -3.75. The van der Waals surface area contributed by atoms with Gasteiger partial charge in [-0.2, -0.15) is 0 Å². The Kier molecular flexibility index (Phi) is 6.64. The molecule has 162 valence electrons. The van der Waals surface area contributed by atoms with Gasteiger partial charge in [0.15, 0.2) is 6.61 Å². The van der Waals surface area contributed by atoms with Gasteiger partial charge < -0.3 is 19.2 Å². The molecular weight excluding hydrogens is 412 g/mol. The maximum Gasteiger partial charge on any atom is 0.339 e. The SMILES string of the molecule is COc1ccc2c(C)c(CCC(=O)OCC(=O)Nc3cc(F)cc(F)c3)c(=O)oc2c1. The van der Waals surface area contributed by atoms with Crippen LogP contribution in [0.15, 0.2) is 45.6 Å². The minimum atomic E-state index is -0.852. The highest BCUT2D eigenvalue weighted by Crippen LogP contribution is 2.24. The lowest BCUT2D eigenvalue weighted by Gasteiger charge is -2.09. The highest BCUT2D eigenvalue weighted by Gasteiger charge is 2.15. The van der Waals surface area contributed by atoms with Crippen LogP contribution in [0.2, 0.25) is 0 Å². The smallest absolute Gasteiger partial charge is 0.339 e. The molecule has 0 fully saturated rings. The van der Waals surface area contributed by atoms with Crippen molar-refractivity contribution in [2.24, 2.45) is 0 Å². The molecule has 1 amide bonds. The van der Waals surface area contributed by atoms with Gasteiger partial charge in [-0.1, -0.05) is 0 Å². The van der Waals surface area contributed by atoms with Gasteiger partial charge in [-0.05, 0) is 43.2 Å². The molecule has 3 rings (SSSR count). The molecule has 7 nitrogen and oxygen atoms in total. The van der Waals surface area contributed by atoms with Crippen LogP contribution in [0.3, 0.4) is 0 Å². The van der Waals surface area contributed by atoms with E-state index in [-0.39, 0.29) is 18.5 Å². The molecule has 0 spiro atoms. The molecule has 1 N–H and O–H groups in total. The highest BCUT2D eigenvalue weighted by molar-refractivity contribution is 5.92. The van der Waals surface area contributed by atoms with E-state index in [9.17, 15) is 23.2 Å². The number of ether oxygens (including phenoxy) is 2. The van der Waals surface area contributed by atoms with E-state index in [0.29, 0.717) is 33.9 Å². The van der Waals surface area contributed by atoms with Crippen LogP contribution in [-0.2, 0) is 20.7 Å². The first-order valence-corrected chi connectivity index (χ1v) is 9.28. The lowest BCUT2D eigenvalue weighted by atomic mass is 10.0. The minimum Gasteiger partial charge on any atom is -0.497 e. The molecule has 0 saturated heterocycles. The fourth-order valence-electron chi connectivity index (χ4n) is 3.06. The van der Waals surface area contributed by atoms with Crippen molar-refractivity contribution in [1.29, 1.82) is 0 Å². The van der Waals surface area contributed by atoms with Gasteiger partial charge in [0.05, 0.1) is 7.11 Å². The van der Waals surface area contributed by atoms with Crippen molar-refractivity contribution in [2.45, 2.75) is 19.8 Å². The summed E-state index contributed by atoms with van der Waals surface area (Å²) >= 11 is 0. The number of methoxy groups -OCH3 is 1. The molecule has 3 aromatic rings. The number of fused-ring (bicyclic) bond motifs is 1. The maximum atomic E-state index is 13.1. The predicted molar refractivity (Wildman–Crippen MR) is 108 cm³/mol. The van der Waals surface area contributed by atoms with Crippen molar-refractivity contribution in [3.05, 3.63) is 69.6 Å². The zero-order chi connectivity index (χ0) is 22.5. The summed E-state index contributed by atoms with van der Waals surface area (Å²) in [6.45, 7) is 1.11. The lowest BCUT2D eigenvalue weighted by Crippen LogP contribution is -2.21. The summed E-state index contributed by atoms with van der Waals surface area (Å²) in [5.74, 6) is -2.63. The summed E-state index contributed by atoms with van der Waals surface area (Å²) < 4.78 is 41.6. The third kappa shape index (κ3) is 5.44. The van der Waals surface area contributed by atoms with Crippen molar-refractivity contribution in [2.75, 3.05) is 19.0 Å². The van der Waals surface area contributed by atoms with E-state index in [1.54, 1.807) is 25.1 Å². The minimum absolute atomic E-state index is 0.0612.